The first-order valence-electron chi connectivity index (χ1n) is 12.9. The van der Waals surface area contributed by atoms with Gasteiger partial charge >= 0.3 is 0 Å². The lowest BCUT2D eigenvalue weighted by atomic mass is 9.99. The Labute approximate surface area is 244 Å². The predicted octanol–water partition coefficient (Wildman–Crippen LogP) is 4.44. The van der Waals surface area contributed by atoms with Gasteiger partial charge < -0.3 is 20.5 Å². The molecule has 1 fully saturated rings. The van der Waals surface area contributed by atoms with Gasteiger partial charge in [0, 0.05) is 54.3 Å². The molecule has 4 N–H and O–H groups in total. The molecule has 0 saturated heterocycles. The van der Waals surface area contributed by atoms with Crippen LogP contribution in [0.1, 0.15) is 46.7 Å². The molecule has 0 bridgehead atoms. The Morgan fingerprint density at radius 3 is 2.81 bits per heavy atom. The first-order valence-corrected chi connectivity index (χ1v) is 13.7. The SMILES string of the molecule is CN=C/C=C(\N)[C@H]1CC1c1nnc(NC(=O)c2cnc(N3C=CC(C)=CC3O)cc2-c2cc(C(F)F)ncc2OC)s1. The summed E-state index contributed by atoms with van der Waals surface area (Å²) >= 11 is 1.23. The summed E-state index contributed by atoms with van der Waals surface area (Å²) in [5.74, 6) is 0.0993. The molecule has 0 radical (unpaired) electrons. The number of nitrogens with zero attached hydrogens (tertiary/aromatic N) is 6. The number of halogens is 2. The van der Waals surface area contributed by atoms with Crippen molar-refractivity contribution < 1.29 is 23.4 Å². The van der Waals surface area contributed by atoms with E-state index in [2.05, 4.69) is 30.5 Å². The second kappa shape index (κ2) is 12.1. The van der Waals surface area contributed by atoms with E-state index in [0.717, 1.165) is 17.0 Å². The van der Waals surface area contributed by atoms with Crippen LogP contribution in [0.4, 0.5) is 19.7 Å². The molecule has 0 aromatic carbocycles. The third-order valence-corrected chi connectivity index (χ3v) is 7.80. The maximum absolute atomic E-state index is 13.6. The second-order valence-electron chi connectivity index (χ2n) is 9.67. The number of hydrogen-bond acceptors (Lipinski definition) is 11. The smallest absolute Gasteiger partial charge is 0.280 e. The number of aliphatic hydroxyl groups excluding tert-OH is 1. The van der Waals surface area contributed by atoms with Crippen LogP contribution in [0.25, 0.3) is 11.1 Å². The lowest BCUT2D eigenvalue weighted by Crippen LogP contribution is -2.31. The Morgan fingerprint density at radius 2 is 2.10 bits per heavy atom. The number of aliphatic hydroxyl groups is 1. The molecular formula is C28H28F2N8O3S. The Bertz CT molecular complexity index is 1620. The third kappa shape index (κ3) is 6.04. The number of anilines is 2. The summed E-state index contributed by atoms with van der Waals surface area (Å²) in [4.78, 5) is 27.1. The number of nitrogens with one attached hydrogen (secondary N) is 1. The van der Waals surface area contributed by atoms with Crippen molar-refractivity contribution >= 4 is 34.4 Å². The van der Waals surface area contributed by atoms with E-state index < -0.39 is 24.3 Å². The summed E-state index contributed by atoms with van der Waals surface area (Å²) in [7, 11) is 3.04. The molecule has 0 spiro atoms. The number of aromatic nitrogens is 4. The number of methoxy groups -OCH3 is 1. The van der Waals surface area contributed by atoms with Crippen molar-refractivity contribution in [2.75, 3.05) is 24.4 Å². The molecule has 1 aliphatic heterocycles. The number of nitrogens with two attached hydrogens (primary N) is 1. The topological polar surface area (TPSA) is 152 Å². The van der Waals surface area contributed by atoms with Gasteiger partial charge in [-0.1, -0.05) is 11.3 Å². The fourth-order valence-corrected chi connectivity index (χ4v) is 5.45. The summed E-state index contributed by atoms with van der Waals surface area (Å²) in [6.45, 7) is 1.84. The summed E-state index contributed by atoms with van der Waals surface area (Å²) in [6.07, 6.45) is 7.89. The predicted molar refractivity (Wildman–Crippen MR) is 156 cm³/mol. The van der Waals surface area contributed by atoms with Crippen LogP contribution in [-0.4, -0.2) is 57.8 Å². The molecular weight excluding hydrogens is 566 g/mol. The zero-order valence-electron chi connectivity index (χ0n) is 22.9. The van der Waals surface area contributed by atoms with E-state index in [-0.39, 0.29) is 45.2 Å². The zero-order valence-corrected chi connectivity index (χ0v) is 23.7. The van der Waals surface area contributed by atoms with E-state index >= 15 is 0 Å². The normalized spacial score (nSPS) is 20.3. The number of ether oxygens (including phenoxy) is 1. The van der Waals surface area contributed by atoms with E-state index in [9.17, 15) is 18.7 Å². The van der Waals surface area contributed by atoms with Crippen molar-refractivity contribution in [1.82, 2.24) is 20.2 Å². The zero-order chi connectivity index (χ0) is 30.0. The highest BCUT2D eigenvalue weighted by Gasteiger charge is 2.42. The molecule has 14 heteroatoms. The van der Waals surface area contributed by atoms with Gasteiger partial charge in [0.2, 0.25) is 5.13 Å². The van der Waals surface area contributed by atoms with E-state index in [1.165, 1.54) is 47.9 Å². The molecule has 3 aromatic heterocycles. The lowest BCUT2D eigenvalue weighted by Gasteiger charge is -2.27. The van der Waals surface area contributed by atoms with Gasteiger partial charge in [0.15, 0.2) is 6.23 Å². The van der Waals surface area contributed by atoms with Gasteiger partial charge in [-0.15, -0.1) is 10.2 Å². The minimum atomic E-state index is -2.85. The number of rotatable bonds is 9. The monoisotopic (exact) mass is 594 g/mol. The molecule has 4 heterocycles. The number of alkyl halides is 2. The van der Waals surface area contributed by atoms with Crippen LogP contribution < -0.4 is 20.7 Å². The Morgan fingerprint density at radius 1 is 1.29 bits per heavy atom. The van der Waals surface area contributed by atoms with Gasteiger partial charge in [-0.05, 0) is 49.3 Å². The molecule has 1 saturated carbocycles. The summed E-state index contributed by atoms with van der Waals surface area (Å²) in [5, 5.41) is 22.7. The maximum Gasteiger partial charge on any atom is 0.280 e. The van der Waals surface area contributed by atoms with Crippen molar-refractivity contribution in [3.05, 3.63) is 76.5 Å². The van der Waals surface area contributed by atoms with E-state index in [4.69, 9.17) is 10.5 Å². The summed E-state index contributed by atoms with van der Waals surface area (Å²) < 4.78 is 32.7. The van der Waals surface area contributed by atoms with Gasteiger partial charge in [0.05, 0.1) is 18.9 Å². The Kier molecular flexibility index (Phi) is 8.36. The van der Waals surface area contributed by atoms with Crippen molar-refractivity contribution in [3.63, 3.8) is 0 Å². The molecule has 11 nitrogen and oxygen atoms in total. The Hall–Kier alpha value is -4.56. The first-order chi connectivity index (χ1) is 20.2. The van der Waals surface area contributed by atoms with Crippen molar-refractivity contribution in [2.45, 2.75) is 31.9 Å². The lowest BCUT2D eigenvalue weighted by molar-refractivity contribution is 0.102. The van der Waals surface area contributed by atoms with Crippen LogP contribution in [0.3, 0.4) is 0 Å². The average Bonchev–Trinajstić information content (AvgIpc) is 3.65. The van der Waals surface area contributed by atoms with Gasteiger partial charge in [0.1, 0.15) is 22.3 Å². The van der Waals surface area contributed by atoms with Crippen molar-refractivity contribution in [2.24, 2.45) is 16.6 Å². The van der Waals surface area contributed by atoms with Crippen LogP contribution in [0.2, 0.25) is 0 Å². The highest BCUT2D eigenvalue weighted by atomic mass is 32.1. The number of amides is 1. The molecule has 1 amide bonds. The number of carbonyl (C=O) groups excluding carboxylic acids is 1. The highest BCUT2D eigenvalue weighted by Crippen LogP contribution is 2.51. The van der Waals surface area contributed by atoms with E-state index in [1.807, 2.05) is 6.92 Å². The molecule has 1 aliphatic carbocycles. The quantitative estimate of drug-likeness (QED) is 0.305. The first kappa shape index (κ1) is 29.0. The minimum Gasteiger partial charge on any atom is -0.494 e. The minimum absolute atomic E-state index is 0.0674. The van der Waals surface area contributed by atoms with Crippen LogP contribution in [0, 0.1) is 5.92 Å². The summed E-state index contributed by atoms with van der Waals surface area (Å²) in [6, 6.07) is 2.70. The number of allylic oxidation sites excluding steroid dienone is 4. The number of aliphatic imine (C=N–C) groups is 1. The fraction of sp³-hybridized carbons (Fsp3) is 0.286. The Balaban J connectivity index is 1.48. The van der Waals surface area contributed by atoms with E-state index in [1.54, 1.807) is 37.7 Å². The molecule has 3 aromatic rings. The largest absolute Gasteiger partial charge is 0.494 e. The van der Waals surface area contributed by atoms with Gasteiger partial charge in [0.25, 0.3) is 12.3 Å². The number of hydrogen-bond donors (Lipinski definition) is 3. The average molecular weight is 595 g/mol. The molecule has 2 aliphatic rings. The number of carbonyl (C=O) groups is 1. The standard InChI is InChI=1S/C28H28F2N8O3S/c1-14-5-7-38(24(39)8-14)23-11-15(17-10-21(25(29)30)33-13-22(17)41-3)19(12-34-23)26(40)35-28-37-36-27(42-28)18-9-16(18)20(31)4-6-32-2/h4-8,10-13,16,18,24-25,39H,9,31H2,1-3H3,(H,35,37,40)/b20-4-,32-6?/t16-,18?,24?/m0/s1. The van der Waals surface area contributed by atoms with Gasteiger partial charge in [-0.3, -0.25) is 20.1 Å². The van der Waals surface area contributed by atoms with Crippen molar-refractivity contribution in [3.8, 4) is 16.9 Å². The van der Waals surface area contributed by atoms with Crippen LogP contribution >= 0.6 is 11.3 Å². The molecule has 2 unspecified atom stereocenters. The van der Waals surface area contributed by atoms with Crippen molar-refractivity contribution in [1.29, 1.82) is 0 Å². The molecule has 218 valence electrons. The fourth-order valence-electron chi connectivity index (χ4n) is 4.53. The van der Waals surface area contributed by atoms with Crippen LogP contribution in [-0.2, 0) is 0 Å². The highest BCUT2D eigenvalue weighted by molar-refractivity contribution is 7.15. The summed E-state index contributed by atoms with van der Waals surface area (Å²) in [5.41, 5.74) is 7.71. The molecule has 5 rings (SSSR count). The second-order valence-corrected chi connectivity index (χ2v) is 10.7. The third-order valence-electron chi connectivity index (χ3n) is 6.83. The number of pyridine rings is 2. The van der Waals surface area contributed by atoms with Gasteiger partial charge in [-0.2, -0.15) is 0 Å². The van der Waals surface area contributed by atoms with Gasteiger partial charge in [-0.25, -0.2) is 13.8 Å². The van der Waals surface area contributed by atoms with Crippen LogP contribution in [0.15, 0.2) is 65.2 Å². The maximum atomic E-state index is 13.6. The molecule has 3 atom stereocenters. The van der Waals surface area contributed by atoms with Crippen LogP contribution in [0.5, 0.6) is 5.75 Å². The molecule has 42 heavy (non-hydrogen) atoms. The van der Waals surface area contributed by atoms with E-state index in [0.29, 0.717) is 5.70 Å².